The van der Waals surface area contributed by atoms with Crippen molar-refractivity contribution < 1.29 is 2.74 Å². The number of hydrogen-bond donors (Lipinski definition) is 0. The van der Waals surface area contributed by atoms with Gasteiger partial charge in [0.1, 0.15) is 0 Å². The van der Waals surface area contributed by atoms with E-state index in [2.05, 4.69) is 0 Å². The first-order valence-corrected chi connectivity index (χ1v) is 6.89. The highest BCUT2D eigenvalue weighted by Crippen LogP contribution is 2.40. The predicted molar refractivity (Wildman–Crippen MR) is 83.1 cm³/mol. The molecule has 0 spiro atoms. The maximum atomic E-state index is 9.33. The lowest BCUT2D eigenvalue weighted by atomic mass is 9.75. The highest BCUT2D eigenvalue weighted by molar-refractivity contribution is 5.54. The van der Waals surface area contributed by atoms with Crippen LogP contribution in [-0.4, -0.2) is 0 Å². The van der Waals surface area contributed by atoms with Crippen molar-refractivity contribution in [3.8, 4) is 0 Å². The fourth-order valence-electron chi connectivity index (χ4n) is 2.93. The van der Waals surface area contributed by atoms with Crippen LogP contribution >= 0.6 is 0 Å². The molecule has 0 aromatic heterocycles. The monoisotopic (exact) mass is 258 g/mol. The van der Waals surface area contributed by atoms with Crippen LogP contribution in [0.5, 0.6) is 0 Å². The van der Waals surface area contributed by atoms with Gasteiger partial charge in [-0.2, -0.15) is 0 Å². The first kappa shape index (κ1) is 9.55. The molecule has 0 saturated heterocycles. The van der Waals surface area contributed by atoms with Crippen molar-refractivity contribution in [2.24, 2.45) is 0 Å². The van der Waals surface area contributed by atoms with E-state index in [0.29, 0.717) is 0 Å². The third-order valence-electron chi connectivity index (χ3n) is 3.83. The number of hydrogen-bond acceptors (Lipinski definition) is 0. The second kappa shape index (κ2) is 4.64. The molecular formula is C20H16. The average Bonchev–Trinajstić information content (AvgIpc) is 2.60. The quantitative estimate of drug-likeness (QED) is 0.589. The Labute approximate surface area is 122 Å². The molecule has 0 atom stereocenters. The molecule has 0 radical (unpaired) electrons. The molecule has 0 amide bonds. The zero-order valence-corrected chi connectivity index (χ0v) is 11.1. The van der Waals surface area contributed by atoms with E-state index < -0.39 is 12.3 Å². The maximum absolute atomic E-state index is 9.33. The molecule has 96 valence electrons. The SMILES string of the molecule is [2H]C1c2ccccc2C([2H])(c2ccccc2)c2ccccc21. The second-order valence-electron chi connectivity index (χ2n) is 5.06. The summed E-state index contributed by atoms with van der Waals surface area (Å²) < 4.78 is 17.9. The summed E-state index contributed by atoms with van der Waals surface area (Å²) in [6.45, 7) is 0. The molecule has 0 saturated carbocycles. The third-order valence-corrected chi connectivity index (χ3v) is 3.83. The lowest BCUT2D eigenvalue weighted by Gasteiger charge is -2.29. The van der Waals surface area contributed by atoms with Gasteiger partial charge in [-0.3, -0.25) is 0 Å². The molecule has 4 rings (SSSR count). The van der Waals surface area contributed by atoms with Gasteiger partial charge in [0, 0.05) is 8.64 Å². The Morgan fingerprint density at radius 2 is 1.20 bits per heavy atom. The number of benzene rings is 3. The fraction of sp³-hybridized carbons (Fsp3) is 0.100. The van der Waals surface area contributed by atoms with Gasteiger partial charge >= 0.3 is 0 Å². The lowest BCUT2D eigenvalue weighted by molar-refractivity contribution is 0.885. The maximum Gasteiger partial charge on any atom is 0.0453 e. The fourth-order valence-corrected chi connectivity index (χ4v) is 2.93. The molecular weight excluding hydrogens is 240 g/mol. The van der Waals surface area contributed by atoms with Crippen LogP contribution < -0.4 is 0 Å². The van der Waals surface area contributed by atoms with Gasteiger partial charge in [-0.25, -0.2) is 0 Å². The van der Waals surface area contributed by atoms with E-state index in [1.165, 1.54) is 0 Å². The lowest BCUT2D eigenvalue weighted by Crippen LogP contribution is -2.14. The Balaban J connectivity index is 2.09. The first-order chi connectivity index (χ1) is 10.7. The van der Waals surface area contributed by atoms with Crippen molar-refractivity contribution in [1.82, 2.24) is 0 Å². The topological polar surface area (TPSA) is 0 Å². The minimum absolute atomic E-state index is 0.422. The van der Waals surface area contributed by atoms with E-state index in [4.69, 9.17) is 1.37 Å². The molecule has 1 aliphatic carbocycles. The summed E-state index contributed by atoms with van der Waals surface area (Å²) in [5.74, 6) is -0.952. The van der Waals surface area contributed by atoms with Crippen molar-refractivity contribution >= 4 is 0 Å². The van der Waals surface area contributed by atoms with Crippen molar-refractivity contribution in [2.75, 3.05) is 0 Å². The number of rotatable bonds is 1. The van der Waals surface area contributed by atoms with Crippen LogP contribution in [0.4, 0.5) is 0 Å². The van der Waals surface area contributed by atoms with Crippen molar-refractivity contribution in [3.63, 3.8) is 0 Å². The van der Waals surface area contributed by atoms with Gasteiger partial charge in [0.2, 0.25) is 0 Å². The Bertz CT molecular complexity index is 776. The van der Waals surface area contributed by atoms with Gasteiger partial charge in [-0.05, 0) is 34.2 Å². The van der Waals surface area contributed by atoms with Crippen molar-refractivity contribution in [3.05, 3.63) is 107 Å². The van der Waals surface area contributed by atoms with Crippen LogP contribution in [0.2, 0.25) is 0 Å². The second-order valence-corrected chi connectivity index (χ2v) is 5.06. The van der Waals surface area contributed by atoms with E-state index in [-0.39, 0.29) is 0 Å². The molecule has 3 aromatic carbocycles. The molecule has 0 nitrogen and oxygen atoms in total. The minimum Gasteiger partial charge on any atom is -0.0622 e. The zero-order chi connectivity index (χ0) is 15.2. The molecule has 0 heteroatoms. The Morgan fingerprint density at radius 1 is 0.700 bits per heavy atom. The van der Waals surface area contributed by atoms with Crippen LogP contribution in [0.3, 0.4) is 0 Å². The van der Waals surface area contributed by atoms with Gasteiger partial charge < -0.3 is 0 Å². The van der Waals surface area contributed by atoms with E-state index >= 15 is 0 Å². The summed E-state index contributed by atoms with van der Waals surface area (Å²) in [6, 6.07) is 25.7. The normalized spacial score (nSPS) is 25.1. The molecule has 20 heavy (non-hydrogen) atoms. The Morgan fingerprint density at radius 3 is 1.80 bits per heavy atom. The van der Waals surface area contributed by atoms with Crippen LogP contribution in [0.25, 0.3) is 0 Å². The van der Waals surface area contributed by atoms with Crippen LogP contribution in [0.1, 0.15) is 36.5 Å². The van der Waals surface area contributed by atoms with Crippen molar-refractivity contribution in [2.45, 2.75) is 12.3 Å². The summed E-state index contributed by atoms with van der Waals surface area (Å²) in [7, 11) is 0. The van der Waals surface area contributed by atoms with Gasteiger partial charge in [0.25, 0.3) is 0 Å². The van der Waals surface area contributed by atoms with E-state index in [1.54, 1.807) is 0 Å². The molecule has 3 aromatic rings. The van der Waals surface area contributed by atoms with Gasteiger partial charge in [0.05, 0.1) is 0 Å². The Hall–Kier alpha value is -2.34. The van der Waals surface area contributed by atoms with E-state index in [0.717, 1.165) is 27.8 Å². The molecule has 1 aliphatic rings. The van der Waals surface area contributed by atoms with Crippen LogP contribution in [-0.2, 0) is 6.40 Å². The molecule has 0 bridgehead atoms. The third kappa shape index (κ3) is 1.77. The Kier molecular flexibility index (Phi) is 2.22. The zero-order valence-electron chi connectivity index (χ0n) is 13.1. The smallest absolute Gasteiger partial charge is 0.0453 e. The minimum atomic E-state index is -0.952. The van der Waals surface area contributed by atoms with Gasteiger partial charge in [0.15, 0.2) is 0 Å². The molecule has 0 aliphatic heterocycles. The standard InChI is InChI=1S/C20H16/c1-2-8-15(9-3-1)20-18-12-6-4-10-16(18)14-17-11-5-7-13-19(17)20/h1-13,20H,14H2/i14D,20D. The molecule has 0 fully saturated rings. The average molecular weight is 258 g/mol. The highest BCUT2D eigenvalue weighted by atomic mass is 14.3. The van der Waals surface area contributed by atoms with Crippen molar-refractivity contribution in [1.29, 1.82) is 0 Å². The summed E-state index contributed by atoms with van der Waals surface area (Å²) in [5, 5.41) is 0. The molecule has 0 heterocycles. The van der Waals surface area contributed by atoms with E-state index in [1.807, 2.05) is 78.9 Å². The highest BCUT2D eigenvalue weighted by Gasteiger charge is 2.25. The van der Waals surface area contributed by atoms with Gasteiger partial charge in [-0.15, -0.1) is 0 Å². The predicted octanol–water partition coefficient (Wildman–Crippen LogP) is 4.77. The summed E-state index contributed by atoms with van der Waals surface area (Å²) in [4.78, 5) is 0. The largest absolute Gasteiger partial charge is 0.0622 e. The van der Waals surface area contributed by atoms with Gasteiger partial charge in [-0.1, -0.05) is 78.9 Å². The van der Waals surface area contributed by atoms with Crippen LogP contribution in [0, 0.1) is 0 Å². The van der Waals surface area contributed by atoms with E-state index in [9.17, 15) is 1.37 Å². The summed E-state index contributed by atoms with van der Waals surface area (Å²) in [5.41, 5.74) is 4.64. The number of fused-ring (bicyclic) bond motifs is 2. The van der Waals surface area contributed by atoms with Crippen LogP contribution in [0.15, 0.2) is 78.9 Å². The summed E-state index contributed by atoms with van der Waals surface area (Å²) >= 11 is 0. The molecule has 0 N–H and O–H groups in total. The first-order valence-electron chi connectivity index (χ1n) is 7.97. The molecule has 0 unspecified atom stereocenters. The summed E-state index contributed by atoms with van der Waals surface area (Å²) in [6.07, 6.45) is -0.422.